The van der Waals surface area contributed by atoms with E-state index in [1.807, 2.05) is 55.5 Å². The summed E-state index contributed by atoms with van der Waals surface area (Å²) in [5, 5.41) is 14.8. The molecule has 1 amide bonds. The van der Waals surface area contributed by atoms with Crippen molar-refractivity contribution in [2.24, 2.45) is 0 Å². The molecule has 2 rings (SSSR count). The Hall–Kier alpha value is -2.58. The number of nitrogens with zero attached hydrogens (tertiary/aromatic N) is 1. The third-order valence-electron chi connectivity index (χ3n) is 2.87. The Morgan fingerprint density at radius 1 is 1.18 bits per heavy atom. The molecule has 0 aliphatic carbocycles. The molecule has 0 spiro atoms. The first kappa shape index (κ1) is 15.8. The van der Waals surface area contributed by atoms with E-state index in [1.54, 1.807) is 6.07 Å². The van der Waals surface area contributed by atoms with E-state index in [0.717, 1.165) is 15.7 Å². The van der Waals surface area contributed by atoms with E-state index in [-0.39, 0.29) is 5.57 Å². The lowest BCUT2D eigenvalue weighted by Crippen LogP contribution is -2.14. The van der Waals surface area contributed by atoms with Crippen molar-refractivity contribution >= 4 is 33.2 Å². The SMILES string of the molecule is Cc1cccc(NC(=O)/C(C#N)=C\Nc2ccc(Br)cc2)c1. The van der Waals surface area contributed by atoms with Crippen LogP contribution in [0.25, 0.3) is 0 Å². The monoisotopic (exact) mass is 355 g/mol. The van der Waals surface area contributed by atoms with Crippen molar-refractivity contribution in [1.29, 1.82) is 5.26 Å². The van der Waals surface area contributed by atoms with Gasteiger partial charge in [-0.2, -0.15) is 5.26 Å². The fourth-order valence-electron chi connectivity index (χ4n) is 1.77. The van der Waals surface area contributed by atoms with Crippen molar-refractivity contribution in [2.45, 2.75) is 6.92 Å². The first-order valence-electron chi connectivity index (χ1n) is 6.59. The number of benzene rings is 2. The number of carbonyl (C=O) groups excluding carboxylic acids is 1. The van der Waals surface area contributed by atoms with Gasteiger partial charge in [0.2, 0.25) is 0 Å². The van der Waals surface area contributed by atoms with Crippen LogP contribution in [0.5, 0.6) is 0 Å². The third-order valence-corrected chi connectivity index (χ3v) is 3.40. The van der Waals surface area contributed by atoms with E-state index in [4.69, 9.17) is 5.26 Å². The fourth-order valence-corrected chi connectivity index (χ4v) is 2.04. The van der Waals surface area contributed by atoms with Gasteiger partial charge in [0.05, 0.1) is 0 Å². The molecule has 0 aromatic heterocycles. The number of aryl methyl sites for hydroxylation is 1. The van der Waals surface area contributed by atoms with Crippen LogP contribution in [-0.2, 0) is 4.79 Å². The zero-order valence-corrected chi connectivity index (χ0v) is 13.5. The first-order valence-corrected chi connectivity index (χ1v) is 7.38. The Labute approximate surface area is 137 Å². The Kier molecular flexibility index (Phi) is 5.34. The van der Waals surface area contributed by atoms with Gasteiger partial charge < -0.3 is 10.6 Å². The second-order valence-electron chi connectivity index (χ2n) is 4.64. The Balaban J connectivity index is 2.07. The molecule has 0 bridgehead atoms. The highest BCUT2D eigenvalue weighted by atomic mass is 79.9. The van der Waals surface area contributed by atoms with Crippen LogP contribution in [0.2, 0.25) is 0 Å². The van der Waals surface area contributed by atoms with Gasteiger partial charge in [-0.3, -0.25) is 4.79 Å². The van der Waals surface area contributed by atoms with Crippen molar-refractivity contribution < 1.29 is 4.79 Å². The molecule has 0 fully saturated rings. The minimum atomic E-state index is -0.447. The second kappa shape index (κ2) is 7.43. The van der Waals surface area contributed by atoms with Gasteiger partial charge in [-0.25, -0.2) is 0 Å². The van der Waals surface area contributed by atoms with E-state index in [2.05, 4.69) is 26.6 Å². The molecular formula is C17H14BrN3O. The van der Waals surface area contributed by atoms with E-state index >= 15 is 0 Å². The van der Waals surface area contributed by atoms with E-state index in [0.29, 0.717) is 5.69 Å². The number of hydrogen-bond acceptors (Lipinski definition) is 3. The fraction of sp³-hybridized carbons (Fsp3) is 0.0588. The largest absolute Gasteiger partial charge is 0.360 e. The normalized spacial score (nSPS) is 10.7. The van der Waals surface area contributed by atoms with Crippen LogP contribution < -0.4 is 10.6 Å². The molecule has 0 radical (unpaired) electrons. The van der Waals surface area contributed by atoms with Gasteiger partial charge in [-0.15, -0.1) is 0 Å². The molecule has 2 aromatic carbocycles. The molecule has 2 aromatic rings. The van der Waals surface area contributed by atoms with Crippen molar-refractivity contribution in [1.82, 2.24) is 0 Å². The minimum absolute atomic E-state index is 0.00410. The van der Waals surface area contributed by atoms with Gasteiger partial charge >= 0.3 is 0 Å². The van der Waals surface area contributed by atoms with Gasteiger partial charge in [-0.1, -0.05) is 28.1 Å². The number of rotatable bonds is 4. The quantitative estimate of drug-likeness (QED) is 0.637. The molecule has 2 N–H and O–H groups in total. The maximum absolute atomic E-state index is 12.1. The summed E-state index contributed by atoms with van der Waals surface area (Å²) < 4.78 is 0.958. The highest BCUT2D eigenvalue weighted by Gasteiger charge is 2.09. The summed E-state index contributed by atoms with van der Waals surface area (Å²) in [5.41, 5.74) is 2.49. The zero-order chi connectivity index (χ0) is 15.9. The van der Waals surface area contributed by atoms with E-state index < -0.39 is 5.91 Å². The maximum atomic E-state index is 12.1. The van der Waals surface area contributed by atoms with Crippen LogP contribution in [0.1, 0.15) is 5.56 Å². The summed E-state index contributed by atoms with van der Waals surface area (Å²) in [6, 6.07) is 16.7. The Morgan fingerprint density at radius 2 is 1.91 bits per heavy atom. The average molecular weight is 356 g/mol. The van der Waals surface area contributed by atoms with Crippen LogP contribution in [0, 0.1) is 18.3 Å². The number of hydrogen-bond donors (Lipinski definition) is 2. The number of nitriles is 1. The topological polar surface area (TPSA) is 64.9 Å². The summed E-state index contributed by atoms with van der Waals surface area (Å²) in [6.07, 6.45) is 1.40. The number of amides is 1. The van der Waals surface area contributed by atoms with Crippen LogP contribution >= 0.6 is 15.9 Å². The van der Waals surface area contributed by atoms with E-state index in [1.165, 1.54) is 6.20 Å². The Morgan fingerprint density at radius 3 is 2.55 bits per heavy atom. The second-order valence-corrected chi connectivity index (χ2v) is 5.56. The van der Waals surface area contributed by atoms with Gasteiger partial charge in [0.15, 0.2) is 0 Å². The van der Waals surface area contributed by atoms with Crippen LogP contribution in [0.4, 0.5) is 11.4 Å². The number of carbonyl (C=O) groups is 1. The number of halogens is 1. The van der Waals surface area contributed by atoms with Crippen molar-refractivity contribution in [3.8, 4) is 6.07 Å². The summed E-state index contributed by atoms with van der Waals surface area (Å²) in [7, 11) is 0. The summed E-state index contributed by atoms with van der Waals surface area (Å²) in [4.78, 5) is 12.1. The maximum Gasteiger partial charge on any atom is 0.267 e. The molecule has 5 heteroatoms. The van der Waals surface area contributed by atoms with Crippen LogP contribution in [-0.4, -0.2) is 5.91 Å². The Bertz CT molecular complexity index is 745. The standard InChI is InChI=1S/C17H14BrN3O/c1-12-3-2-4-16(9-12)21-17(22)13(10-19)11-20-15-7-5-14(18)6-8-15/h2-9,11,20H,1H3,(H,21,22)/b13-11-. The lowest BCUT2D eigenvalue weighted by molar-refractivity contribution is -0.112. The predicted molar refractivity (Wildman–Crippen MR) is 91.3 cm³/mol. The van der Waals surface area contributed by atoms with Gasteiger partial charge in [0.25, 0.3) is 5.91 Å². The summed E-state index contributed by atoms with van der Waals surface area (Å²) in [5.74, 6) is -0.447. The summed E-state index contributed by atoms with van der Waals surface area (Å²) in [6.45, 7) is 1.94. The molecule has 0 aliphatic rings. The molecule has 0 saturated carbocycles. The van der Waals surface area contributed by atoms with Gasteiger partial charge in [0.1, 0.15) is 11.6 Å². The highest BCUT2D eigenvalue weighted by Crippen LogP contribution is 2.15. The smallest absolute Gasteiger partial charge is 0.267 e. The first-order chi connectivity index (χ1) is 10.6. The number of anilines is 2. The van der Waals surface area contributed by atoms with Gasteiger partial charge in [-0.05, 0) is 48.9 Å². The molecule has 0 aliphatic heterocycles. The van der Waals surface area contributed by atoms with Crippen molar-refractivity contribution in [2.75, 3.05) is 10.6 Å². The molecule has 0 atom stereocenters. The molecule has 0 saturated heterocycles. The van der Waals surface area contributed by atoms with Crippen molar-refractivity contribution in [3.63, 3.8) is 0 Å². The predicted octanol–water partition coefficient (Wildman–Crippen LogP) is 4.22. The van der Waals surface area contributed by atoms with Crippen molar-refractivity contribution in [3.05, 3.63) is 70.3 Å². The number of nitrogens with one attached hydrogen (secondary N) is 2. The lowest BCUT2D eigenvalue weighted by Gasteiger charge is -2.06. The average Bonchev–Trinajstić information content (AvgIpc) is 2.49. The molecule has 4 nitrogen and oxygen atoms in total. The van der Waals surface area contributed by atoms with Crippen LogP contribution in [0.3, 0.4) is 0 Å². The molecule has 110 valence electrons. The lowest BCUT2D eigenvalue weighted by atomic mass is 10.2. The van der Waals surface area contributed by atoms with Gasteiger partial charge in [0, 0.05) is 22.0 Å². The minimum Gasteiger partial charge on any atom is -0.360 e. The molecular weight excluding hydrogens is 342 g/mol. The van der Waals surface area contributed by atoms with Crippen LogP contribution in [0.15, 0.2) is 64.8 Å². The highest BCUT2D eigenvalue weighted by molar-refractivity contribution is 9.10. The van der Waals surface area contributed by atoms with E-state index in [9.17, 15) is 4.79 Å². The molecule has 0 unspecified atom stereocenters. The third kappa shape index (κ3) is 4.47. The molecule has 22 heavy (non-hydrogen) atoms. The summed E-state index contributed by atoms with van der Waals surface area (Å²) >= 11 is 3.35. The molecule has 0 heterocycles. The zero-order valence-electron chi connectivity index (χ0n) is 11.9.